The van der Waals surface area contributed by atoms with Crippen LogP contribution >= 0.6 is 11.6 Å². The first-order valence-electron chi connectivity index (χ1n) is 3.30. The van der Waals surface area contributed by atoms with Crippen LogP contribution in [0.3, 0.4) is 0 Å². The van der Waals surface area contributed by atoms with Crippen LogP contribution < -0.4 is 0 Å². The summed E-state index contributed by atoms with van der Waals surface area (Å²) in [6.45, 7) is 0.537. The fourth-order valence-corrected chi connectivity index (χ4v) is 1.35. The van der Waals surface area contributed by atoms with Gasteiger partial charge in [-0.25, -0.2) is 8.78 Å². The first kappa shape index (κ1) is 8.21. The van der Waals surface area contributed by atoms with E-state index in [0.717, 1.165) is 0 Å². The summed E-state index contributed by atoms with van der Waals surface area (Å²) < 4.78 is 25.1. The van der Waals surface area contributed by atoms with Crippen molar-refractivity contribution in [3.05, 3.63) is 0 Å². The van der Waals surface area contributed by atoms with Crippen molar-refractivity contribution in [2.24, 2.45) is 0 Å². The van der Waals surface area contributed by atoms with Gasteiger partial charge in [-0.1, -0.05) is 0 Å². The molecule has 0 aromatic carbocycles. The maximum Gasteiger partial charge on any atom is 0.260 e. The quantitative estimate of drug-likeness (QED) is 0.428. The summed E-state index contributed by atoms with van der Waals surface area (Å²) in [5.41, 5.74) is 0. The number of likely N-dealkylation sites (tertiary alicyclic amines) is 1. The van der Waals surface area contributed by atoms with Gasteiger partial charge in [0.25, 0.3) is 5.92 Å². The van der Waals surface area contributed by atoms with E-state index < -0.39 is 5.92 Å². The molecule has 0 saturated carbocycles. The van der Waals surface area contributed by atoms with Crippen LogP contribution in [0, 0.1) is 0 Å². The van der Waals surface area contributed by atoms with E-state index in [0.29, 0.717) is 13.0 Å². The third-order valence-corrected chi connectivity index (χ3v) is 1.98. The minimum atomic E-state index is -2.51. The Morgan fingerprint density at radius 3 is 2.60 bits per heavy atom. The van der Waals surface area contributed by atoms with Gasteiger partial charge >= 0.3 is 0 Å². The lowest BCUT2D eigenvalue weighted by Gasteiger charge is -2.30. The number of hydrogen-bond donors (Lipinski definition) is 0. The van der Waals surface area contributed by atoms with Gasteiger partial charge in [0.05, 0.1) is 12.5 Å². The Labute approximate surface area is 64.0 Å². The van der Waals surface area contributed by atoms with Crippen molar-refractivity contribution in [2.45, 2.75) is 18.8 Å². The smallest absolute Gasteiger partial charge is 0.260 e. The van der Waals surface area contributed by atoms with Crippen LogP contribution in [0.5, 0.6) is 0 Å². The zero-order valence-corrected chi connectivity index (χ0v) is 6.37. The zero-order chi connectivity index (χ0) is 7.61. The first-order valence-corrected chi connectivity index (χ1v) is 3.84. The molecule has 0 radical (unpaired) electrons. The largest absolute Gasteiger partial charge is 0.284 e. The molecule has 1 rings (SSSR count). The van der Waals surface area contributed by atoms with Crippen molar-refractivity contribution in [1.29, 1.82) is 0 Å². The second kappa shape index (κ2) is 3.01. The van der Waals surface area contributed by atoms with Crippen LogP contribution in [0.4, 0.5) is 8.78 Å². The Kier molecular flexibility index (Phi) is 2.47. The van der Waals surface area contributed by atoms with Crippen LogP contribution in [0.1, 0.15) is 12.8 Å². The minimum absolute atomic E-state index is 0.0143. The van der Waals surface area contributed by atoms with Crippen molar-refractivity contribution in [2.75, 3.05) is 19.1 Å². The predicted octanol–water partition coefficient (Wildman–Crippen LogP) is 1.91. The monoisotopic (exact) mass is 169 g/mol. The standard InChI is InChI=1S/C6H10ClF2N/c7-5-10-3-1-2-6(8,9)4-10/h1-5H2. The first-order chi connectivity index (χ1) is 4.64. The van der Waals surface area contributed by atoms with E-state index >= 15 is 0 Å². The number of piperidine rings is 1. The van der Waals surface area contributed by atoms with E-state index in [2.05, 4.69) is 0 Å². The highest BCUT2D eigenvalue weighted by molar-refractivity contribution is 6.17. The highest BCUT2D eigenvalue weighted by atomic mass is 35.5. The van der Waals surface area contributed by atoms with E-state index in [-0.39, 0.29) is 19.0 Å². The SMILES string of the molecule is FC1(F)CCCN(CCl)C1. The fraction of sp³-hybridized carbons (Fsp3) is 1.00. The minimum Gasteiger partial charge on any atom is -0.284 e. The van der Waals surface area contributed by atoms with E-state index in [4.69, 9.17) is 11.6 Å². The van der Waals surface area contributed by atoms with E-state index in [1.165, 1.54) is 0 Å². The molecule has 0 bridgehead atoms. The maximum absolute atomic E-state index is 12.5. The summed E-state index contributed by atoms with van der Waals surface area (Å²) in [7, 11) is 0. The lowest BCUT2D eigenvalue weighted by Crippen LogP contribution is -2.41. The number of alkyl halides is 3. The van der Waals surface area contributed by atoms with E-state index in [9.17, 15) is 8.78 Å². The molecule has 4 heteroatoms. The summed E-state index contributed by atoms with van der Waals surface area (Å²) in [4.78, 5) is 1.56. The van der Waals surface area contributed by atoms with Crippen molar-refractivity contribution in [3.8, 4) is 0 Å². The summed E-state index contributed by atoms with van der Waals surface area (Å²) in [6, 6.07) is 0.218. The molecule has 0 aliphatic carbocycles. The lowest BCUT2D eigenvalue weighted by atomic mass is 10.1. The molecule has 1 saturated heterocycles. The molecule has 0 aromatic rings. The van der Waals surface area contributed by atoms with Crippen molar-refractivity contribution in [3.63, 3.8) is 0 Å². The molecule has 1 heterocycles. The summed E-state index contributed by atoms with van der Waals surface area (Å²) >= 11 is 5.40. The molecule has 0 atom stereocenters. The molecular weight excluding hydrogens is 160 g/mol. The molecule has 1 nitrogen and oxygen atoms in total. The highest BCUT2D eigenvalue weighted by Crippen LogP contribution is 2.26. The average Bonchev–Trinajstić information content (AvgIpc) is 1.86. The Morgan fingerprint density at radius 1 is 1.50 bits per heavy atom. The topological polar surface area (TPSA) is 3.24 Å². The zero-order valence-electron chi connectivity index (χ0n) is 5.62. The van der Waals surface area contributed by atoms with Gasteiger partial charge in [-0.2, -0.15) is 0 Å². The van der Waals surface area contributed by atoms with E-state index in [1.807, 2.05) is 0 Å². The summed E-state index contributed by atoms with van der Waals surface area (Å²) in [6.07, 6.45) is 0.570. The van der Waals surface area contributed by atoms with Crippen LogP contribution in [-0.4, -0.2) is 29.9 Å². The van der Waals surface area contributed by atoms with Gasteiger partial charge in [-0.15, -0.1) is 11.6 Å². The van der Waals surface area contributed by atoms with Gasteiger partial charge in [0.1, 0.15) is 0 Å². The van der Waals surface area contributed by atoms with Crippen molar-refractivity contribution < 1.29 is 8.78 Å². The predicted molar refractivity (Wildman–Crippen MR) is 36.5 cm³/mol. The molecule has 1 aliphatic rings. The molecule has 0 spiro atoms. The van der Waals surface area contributed by atoms with Crippen LogP contribution in [0.25, 0.3) is 0 Å². The Bertz CT molecular complexity index is 118. The number of rotatable bonds is 1. The normalized spacial score (nSPS) is 26.7. The third-order valence-electron chi connectivity index (χ3n) is 1.64. The van der Waals surface area contributed by atoms with Gasteiger partial charge in [-0.05, 0) is 13.0 Å². The molecule has 0 N–H and O–H groups in total. The number of halogens is 3. The van der Waals surface area contributed by atoms with Gasteiger partial charge in [0, 0.05) is 6.42 Å². The second-order valence-electron chi connectivity index (χ2n) is 2.63. The maximum atomic E-state index is 12.5. The Hall–Kier alpha value is 0.110. The van der Waals surface area contributed by atoms with Gasteiger partial charge in [0.15, 0.2) is 0 Å². The van der Waals surface area contributed by atoms with Gasteiger partial charge in [0.2, 0.25) is 0 Å². The molecule has 1 aliphatic heterocycles. The average molecular weight is 170 g/mol. The molecule has 0 amide bonds. The highest BCUT2D eigenvalue weighted by Gasteiger charge is 2.34. The molecular formula is C6H10ClF2N. The van der Waals surface area contributed by atoms with E-state index in [1.54, 1.807) is 4.90 Å². The summed E-state index contributed by atoms with van der Waals surface area (Å²) in [5.74, 6) is -2.51. The van der Waals surface area contributed by atoms with Crippen LogP contribution in [0.15, 0.2) is 0 Å². The van der Waals surface area contributed by atoms with Crippen molar-refractivity contribution >= 4 is 11.6 Å². The molecule has 1 fully saturated rings. The van der Waals surface area contributed by atoms with Crippen LogP contribution in [-0.2, 0) is 0 Å². The lowest BCUT2D eigenvalue weighted by molar-refractivity contribution is -0.0592. The van der Waals surface area contributed by atoms with Gasteiger partial charge < -0.3 is 0 Å². The number of hydrogen-bond acceptors (Lipinski definition) is 1. The molecule has 60 valence electrons. The summed E-state index contributed by atoms with van der Waals surface area (Å²) in [5, 5.41) is 0. The Morgan fingerprint density at radius 2 is 2.20 bits per heavy atom. The van der Waals surface area contributed by atoms with Crippen molar-refractivity contribution in [1.82, 2.24) is 4.90 Å². The fourth-order valence-electron chi connectivity index (χ4n) is 1.15. The molecule has 0 aromatic heterocycles. The second-order valence-corrected chi connectivity index (χ2v) is 2.87. The molecule has 10 heavy (non-hydrogen) atoms. The van der Waals surface area contributed by atoms with Gasteiger partial charge in [-0.3, -0.25) is 4.90 Å². The molecule has 0 unspecified atom stereocenters. The number of nitrogens with zero attached hydrogens (tertiary/aromatic N) is 1. The van der Waals surface area contributed by atoms with Crippen LogP contribution in [0.2, 0.25) is 0 Å². The Balaban J connectivity index is 2.40. The third kappa shape index (κ3) is 2.06.